The van der Waals surface area contributed by atoms with Crippen molar-refractivity contribution in [2.45, 2.75) is 86.7 Å². The van der Waals surface area contributed by atoms with Crippen LogP contribution < -0.4 is 0 Å². The van der Waals surface area contributed by atoms with Gasteiger partial charge in [-0.05, 0) is 50.4 Å². The predicted molar refractivity (Wildman–Crippen MR) is 89.3 cm³/mol. The summed E-state index contributed by atoms with van der Waals surface area (Å²) in [6.07, 6.45) is 2.37. The number of carbonyl (C=O) groups excluding carboxylic acids is 1. The minimum atomic E-state index is -0.244. The van der Waals surface area contributed by atoms with E-state index in [4.69, 9.17) is 0 Å². The molecule has 0 amide bonds. The third kappa shape index (κ3) is 3.06. The number of likely N-dealkylation sites (tertiary alicyclic amines) is 1. The zero-order valence-electron chi connectivity index (χ0n) is 15.6. The fourth-order valence-electron chi connectivity index (χ4n) is 4.42. The number of hydrogen-bond acceptors (Lipinski definition) is 2. The van der Waals surface area contributed by atoms with Crippen LogP contribution in [-0.4, -0.2) is 28.8 Å². The van der Waals surface area contributed by atoms with E-state index < -0.39 is 0 Å². The van der Waals surface area contributed by atoms with Crippen LogP contribution in [0.25, 0.3) is 0 Å². The molecule has 0 bridgehead atoms. The Bertz CT molecular complexity index is 432. The zero-order valence-corrected chi connectivity index (χ0v) is 15.6. The van der Waals surface area contributed by atoms with Gasteiger partial charge >= 0.3 is 0 Å². The van der Waals surface area contributed by atoms with Gasteiger partial charge in [0.1, 0.15) is 0 Å². The Kier molecular flexibility index (Phi) is 3.69. The number of carbonyl (C=O) groups is 1. The standard InChI is InChI=1S/C19H35NO/c1-16(2,3)14-11-19(14)10-13(15(21)17(4,5)6)20(12-19)18(7,8)9/h13-14H,10-12H2,1-9H3/t13-,14?,19+/m0/s1. The molecule has 0 aromatic heterocycles. The van der Waals surface area contributed by atoms with E-state index in [1.165, 1.54) is 6.42 Å². The maximum Gasteiger partial charge on any atom is 0.155 e. The van der Waals surface area contributed by atoms with Gasteiger partial charge in [-0.1, -0.05) is 41.5 Å². The van der Waals surface area contributed by atoms with Crippen molar-refractivity contribution in [2.24, 2.45) is 22.2 Å². The van der Waals surface area contributed by atoms with Gasteiger partial charge in [-0.3, -0.25) is 9.69 Å². The number of Topliss-reactive ketones (excluding diaryl/α,β-unsaturated/α-hetero) is 1. The molecule has 1 saturated heterocycles. The van der Waals surface area contributed by atoms with E-state index in [1.807, 2.05) is 0 Å². The first-order valence-electron chi connectivity index (χ1n) is 8.50. The first kappa shape index (κ1) is 17.0. The van der Waals surface area contributed by atoms with Crippen LogP contribution in [-0.2, 0) is 4.79 Å². The van der Waals surface area contributed by atoms with Crippen molar-refractivity contribution in [3.05, 3.63) is 0 Å². The first-order chi connectivity index (χ1) is 9.18. The van der Waals surface area contributed by atoms with Gasteiger partial charge < -0.3 is 0 Å². The summed E-state index contributed by atoms with van der Waals surface area (Å²) < 4.78 is 0. The molecule has 1 heterocycles. The Morgan fingerprint density at radius 1 is 0.952 bits per heavy atom. The normalized spacial score (nSPS) is 34.5. The molecule has 2 heteroatoms. The molecule has 2 fully saturated rings. The second-order valence-electron chi connectivity index (χ2n) is 10.6. The fraction of sp³-hybridized carbons (Fsp3) is 0.947. The number of ketones is 1. The first-order valence-corrected chi connectivity index (χ1v) is 8.50. The number of nitrogens with zero attached hydrogens (tertiary/aromatic N) is 1. The maximum atomic E-state index is 13.0. The molecule has 1 unspecified atom stereocenters. The lowest BCUT2D eigenvalue weighted by molar-refractivity contribution is -0.132. The number of rotatable bonds is 1. The van der Waals surface area contributed by atoms with Crippen LogP contribution in [0.5, 0.6) is 0 Å². The lowest BCUT2D eigenvalue weighted by Gasteiger charge is -2.38. The Hall–Kier alpha value is -0.370. The van der Waals surface area contributed by atoms with Crippen molar-refractivity contribution in [3.63, 3.8) is 0 Å². The van der Waals surface area contributed by atoms with E-state index >= 15 is 0 Å². The van der Waals surface area contributed by atoms with Crippen molar-refractivity contribution in [1.29, 1.82) is 0 Å². The molecule has 2 nitrogen and oxygen atoms in total. The topological polar surface area (TPSA) is 20.3 Å². The minimum absolute atomic E-state index is 0.0695. The molecular weight excluding hydrogens is 258 g/mol. The van der Waals surface area contributed by atoms with E-state index in [9.17, 15) is 4.79 Å². The van der Waals surface area contributed by atoms with Crippen LogP contribution in [0.2, 0.25) is 0 Å². The van der Waals surface area contributed by atoms with Crippen LogP contribution in [0.3, 0.4) is 0 Å². The molecule has 21 heavy (non-hydrogen) atoms. The third-order valence-corrected chi connectivity index (χ3v) is 5.60. The lowest BCUT2D eigenvalue weighted by Crippen LogP contribution is -2.50. The molecule has 1 aliphatic heterocycles. The molecule has 122 valence electrons. The maximum absolute atomic E-state index is 13.0. The summed E-state index contributed by atoms with van der Waals surface area (Å²) in [5.41, 5.74) is 0.590. The van der Waals surface area contributed by atoms with Gasteiger partial charge in [0.05, 0.1) is 6.04 Å². The highest BCUT2D eigenvalue weighted by molar-refractivity contribution is 5.89. The molecule has 0 radical (unpaired) electrons. The SMILES string of the molecule is CC(C)(C)C(=O)[C@@H]1C[C@@]2(CC2C(C)(C)C)CN1C(C)(C)C. The van der Waals surface area contributed by atoms with Crippen molar-refractivity contribution in [1.82, 2.24) is 4.90 Å². The Morgan fingerprint density at radius 3 is 1.81 bits per heavy atom. The van der Waals surface area contributed by atoms with E-state index in [-0.39, 0.29) is 17.0 Å². The third-order valence-electron chi connectivity index (χ3n) is 5.60. The largest absolute Gasteiger partial charge is 0.297 e. The Morgan fingerprint density at radius 2 is 1.48 bits per heavy atom. The molecular formula is C19H35NO. The monoisotopic (exact) mass is 293 g/mol. The van der Waals surface area contributed by atoms with E-state index in [1.54, 1.807) is 0 Å². The predicted octanol–water partition coefficient (Wildman–Crippen LogP) is 4.53. The van der Waals surface area contributed by atoms with Gasteiger partial charge in [0.2, 0.25) is 0 Å². The van der Waals surface area contributed by atoms with E-state index in [2.05, 4.69) is 67.2 Å². The molecule has 2 rings (SSSR count). The molecule has 1 aliphatic carbocycles. The van der Waals surface area contributed by atoms with Crippen molar-refractivity contribution in [3.8, 4) is 0 Å². The number of hydrogen-bond donors (Lipinski definition) is 0. The molecule has 2 aliphatic rings. The molecule has 0 aromatic carbocycles. The highest BCUT2D eigenvalue weighted by Gasteiger charge is 2.65. The van der Waals surface area contributed by atoms with Crippen LogP contribution in [0, 0.1) is 22.2 Å². The summed E-state index contributed by atoms with van der Waals surface area (Å²) in [5.74, 6) is 1.20. The van der Waals surface area contributed by atoms with Gasteiger partial charge in [-0.15, -0.1) is 0 Å². The van der Waals surface area contributed by atoms with Crippen molar-refractivity contribution in [2.75, 3.05) is 6.54 Å². The Balaban J connectivity index is 2.27. The van der Waals surface area contributed by atoms with Crippen molar-refractivity contribution < 1.29 is 4.79 Å². The van der Waals surface area contributed by atoms with Crippen LogP contribution in [0.15, 0.2) is 0 Å². The summed E-state index contributed by atoms with van der Waals surface area (Å²) in [4.78, 5) is 15.4. The van der Waals surface area contributed by atoms with Gasteiger partial charge in [0, 0.05) is 17.5 Å². The molecule has 0 N–H and O–H groups in total. The second-order valence-corrected chi connectivity index (χ2v) is 10.6. The molecule has 1 spiro atoms. The summed E-state index contributed by atoms with van der Waals surface area (Å²) >= 11 is 0. The molecule has 0 aromatic rings. The summed E-state index contributed by atoms with van der Waals surface area (Å²) in [6, 6.07) is 0.109. The zero-order chi connectivity index (χ0) is 16.4. The fourth-order valence-corrected chi connectivity index (χ4v) is 4.42. The van der Waals surface area contributed by atoms with Crippen LogP contribution in [0.4, 0.5) is 0 Å². The van der Waals surface area contributed by atoms with Gasteiger partial charge in [0.25, 0.3) is 0 Å². The van der Waals surface area contributed by atoms with E-state index in [0.717, 1.165) is 18.9 Å². The molecule has 3 atom stereocenters. The second kappa shape index (κ2) is 4.57. The Labute approximate surface area is 131 Å². The minimum Gasteiger partial charge on any atom is -0.297 e. The van der Waals surface area contributed by atoms with Crippen LogP contribution >= 0.6 is 0 Å². The van der Waals surface area contributed by atoms with Gasteiger partial charge in [0.15, 0.2) is 5.78 Å². The highest BCUT2D eigenvalue weighted by atomic mass is 16.1. The summed E-state index contributed by atoms with van der Waals surface area (Å²) in [7, 11) is 0. The highest BCUT2D eigenvalue weighted by Crippen LogP contribution is 2.67. The molecule has 1 saturated carbocycles. The van der Waals surface area contributed by atoms with Crippen LogP contribution in [0.1, 0.15) is 75.2 Å². The van der Waals surface area contributed by atoms with Gasteiger partial charge in [-0.25, -0.2) is 0 Å². The van der Waals surface area contributed by atoms with Gasteiger partial charge in [-0.2, -0.15) is 0 Å². The van der Waals surface area contributed by atoms with Crippen molar-refractivity contribution >= 4 is 5.78 Å². The van der Waals surface area contributed by atoms with E-state index in [0.29, 0.717) is 16.6 Å². The summed E-state index contributed by atoms with van der Waals surface area (Å²) in [6.45, 7) is 21.1. The summed E-state index contributed by atoms with van der Waals surface area (Å²) in [5, 5.41) is 0. The lowest BCUT2D eigenvalue weighted by atomic mass is 9.81. The smallest absolute Gasteiger partial charge is 0.155 e. The quantitative estimate of drug-likeness (QED) is 0.708. The average molecular weight is 293 g/mol. The average Bonchev–Trinajstić information content (AvgIpc) is 2.78.